The molecule has 5 unspecified atom stereocenters. The summed E-state index contributed by atoms with van der Waals surface area (Å²) in [5, 5.41) is 4.40. The summed E-state index contributed by atoms with van der Waals surface area (Å²) in [6.45, 7) is 46.9. The highest BCUT2D eigenvalue weighted by Crippen LogP contribution is 2.54. The first kappa shape index (κ1) is 67.8. The van der Waals surface area contributed by atoms with Crippen LogP contribution in [0.4, 0.5) is 0 Å². The molecular weight excluding hydrogens is 941 g/mol. The van der Waals surface area contributed by atoms with Crippen molar-refractivity contribution in [3.63, 3.8) is 0 Å². The van der Waals surface area contributed by atoms with Crippen LogP contribution in [0, 0.1) is 175 Å². The first-order valence-corrected chi connectivity index (χ1v) is 28.7. The molecule has 0 saturated heterocycles. The third-order valence-electron chi connectivity index (χ3n) is 17.4. The first-order valence-electron chi connectivity index (χ1n) is 26.9. The molecular formula is C68H108N2O2S2. The minimum atomic E-state index is 0. The molecule has 4 nitrogen and oxygen atoms in total. The van der Waals surface area contributed by atoms with Gasteiger partial charge in [0.2, 0.25) is 0 Å². The smallest absolute Gasteiger partial charge is 0.103 e. The van der Waals surface area contributed by atoms with Crippen molar-refractivity contribution in [2.75, 3.05) is 0 Å². The van der Waals surface area contributed by atoms with Gasteiger partial charge in [0.05, 0.1) is 12.5 Å². The number of thiophene rings is 2. The Labute approximate surface area is 463 Å². The number of fused-ring (bicyclic) bond motifs is 2. The van der Waals surface area contributed by atoms with Crippen LogP contribution < -0.4 is 0 Å². The van der Waals surface area contributed by atoms with Crippen LogP contribution in [0.5, 0.6) is 0 Å². The van der Waals surface area contributed by atoms with E-state index in [1.165, 1.54) is 111 Å². The molecule has 0 bridgehead atoms. The lowest BCUT2D eigenvalue weighted by atomic mass is 9.69. The number of benzene rings is 1. The average molecular weight is 1050 g/mol. The number of aromatic nitrogens is 2. The molecule has 6 aromatic heterocycles. The first-order chi connectivity index (χ1) is 33.7. The number of nitrogens with zero attached hydrogens (tertiary/aromatic N) is 2. The zero-order valence-electron chi connectivity index (χ0n) is 50.1. The topological polar surface area (TPSA) is 36.1 Å². The molecule has 0 amide bonds. The van der Waals surface area contributed by atoms with Crippen molar-refractivity contribution < 1.29 is 8.83 Å². The second kappa shape index (κ2) is 31.7. The lowest BCUT2D eigenvalue weighted by molar-refractivity contribution is 0.135. The second-order valence-corrected chi connectivity index (χ2v) is 24.3. The van der Waals surface area contributed by atoms with E-state index in [0.717, 1.165) is 41.1 Å². The molecule has 7 aromatic rings. The van der Waals surface area contributed by atoms with Crippen molar-refractivity contribution in [2.24, 2.45) is 43.7 Å². The molecule has 3 fully saturated rings. The maximum Gasteiger partial charge on any atom is 0.103 e. The molecule has 3 saturated carbocycles. The van der Waals surface area contributed by atoms with Gasteiger partial charge in [0.25, 0.3) is 0 Å². The van der Waals surface area contributed by atoms with Crippen LogP contribution in [0.15, 0.2) is 62.7 Å². The van der Waals surface area contributed by atoms with Crippen molar-refractivity contribution in [3.05, 3.63) is 170 Å². The molecule has 0 radical (unpaired) electrons. The summed E-state index contributed by atoms with van der Waals surface area (Å²) in [5.41, 5.74) is 23.3. The zero-order chi connectivity index (χ0) is 54.3. The summed E-state index contributed by atoms with van der Waals surface area (Å²) in [6.07, 6.45) is 18.9. The van der Waals surface area contributed by atoms with E-state index in [1.54, 1.807) is 51.1 Å². The van der Waals surface area contributed by atoms with Crippen LogP contribution in [0.25, 0.3) is 0 Å². The Kier molecular flexibility index (Phi) is 29.0. The number of hydrogen-bond acceptors (Lipinski definition) is 4. The number of furan rings is 2. The molecule has 0 spiro atoms. The van der Waals surface area contributed by atoms with E-state index in [-0.39, 0.29) is 14.9 Å². The monoisotopic (exact) mass is 1050 g/mol. The summed E-state index contributed by atoms with van der Waals surface area (Å²) < 4.78 is 14.5. The quantitative estimate of drug-likeness (QED) is 0.152. The van der Waals surface area contributed by atoms with E-state index in [1.807, 2.05) is 50.4 Å². The Morgan fingerprint density at radius 1 is 0.419 bits per heavy atom. The van der Waals surface area contributed by atoms with E-state index >= 15 is 0 Å². The highest BCUT2D eigenvalue weighted by atomic mass is 32.1. The van der Waals surface area contributed by atoms with Gasteiger partial charge in [-0.15, -0.1) is 22.7 Å². The van der Waals surface area contributed by atoms with E-state index < -0.39 is 0 Å². The molecule has 3 aliphatic rings. The van der Waals surface area contributed by atoms with Gasteiger partial charge in [-0.25, -0.2) is 0 Å². The number of hydrogen-bond donors (Lipinski definition) is 0. The van der Waals surface area contributed by atoms with Crippen LogP contribution >= 0.6 is 22.7 Å². The lowest BCUT2D eigenvalue weighted by Gasteiger charge is -2.36. The van der Waals surface area contributed by atoms with Gasteiger partial charge in [0.15, 0.2) is 0 Å². The highest BCUT2D eigenvalue weighted by molar-refractivity contribution is 7.10. The number of aryl methyl sites for hydroxylation is 14. The maximum atomic E-state index is 5.09. The largest absolute Gasteiger partial charge is 0.469 e. The van der Waals surface area contributed by atoms with Gasteiger partial charge in [0.1, 0.15) is 11.5 Å². The standard InChI is InChI=1S/C13H22.C9H12.2C8H13N.2C7H10O.2C7H10S.2CH4/c1-9-5-6-12-7-10-3-2-4-11(10)8-13(9)12;1-7-5-4-6-8(2)9(7)3;2*1-6-5-9(4)8(3)7(6)2;4*1-5-4-8-7(3)6(5)2;;/h9-13H,2-8H2,1H3;4-6H,1-3H3;2*5H,1-4H3;4*4H,1-3H3;2*1H4. The fraction of sp³-hybridized carbons (Fsp3) is 0.559. The summed E-state index contributed by atoms with van der Waals surface area (Å²) in [5.74, 6) is 7.72. The molecule has 10 rings (SSSR count). The predicted octanol–water partition coefficient (Wildman–Crippen LogP) is 21.4. The van der Waals surface area contributed by atoms with E-state index in [9.17, 15) is 0 Å². The summed E-state index contributed by atoms with van der Waals surface area (Å²) in [7, 11) is 4.16. The van der Waals surface area contributed by atoms with Crippen LogP contribution in [0.3, 0.4) is 0 Å². The second-order valence-electron chi connectivity index (χ2n) is 22.1. The van der Waals surface area contributed by atoms with Crippen molar-refractivity contribution in [2.45, 2.75) is 212 Å². The normalized spacial score (nSPS) is 17.5. The summed E-state index contributed by atoms with van der Waals surface area (Å²) in [4.78, 5) is 2.89. The third-order valence-corrected chi connectivity index (χ3v) is 19.7. The van der Waals surface area contributed by atoms with Crippen molar-refractivity contribution in [1.29, 1.82) is 0 Å². The molecule has 3 aliphatic carbocycles. The Morgan fingerprint density at radius 3 is 1.04 bits per heavy atom. The molecule has 0 N–H and O–H groups in total. The minimum Gasteiger partial charge on any atom is -0.469 e. The average Bonchev–Trinajstić information content (AvgIpc) is 4.26. The molecule has 1 aromatic carbocycles. The van der Waals surface area contributed by atoms with Crippen molar-refractivity contribution in [3.8, 4) is 0 Å². The van der Waals surface area contributed by atoms with Crippen LogP contribution in [0.1, 0.15) is 183 Å². The van der Waals surface area contributed by atoms with Gasteiger partial charge in [-0.3, -0.25) is 0 Å². The Hall–Kier alpha value is -4.26. The van der Waals surface area contributed by atoms with Crippen molar-refractivity contribution in [1.82, 2.24) is 9.13 Å². The summed E-state index contributed by atoms with van der Waals surface area (Å²) in [6, 6.07) is 6.38. The molecule has 6 heteroatoms. The fourth-order valence-electron chi connectivity index (χ4n) is 10.1. The Balaban J connectivity index is 0.000000424. The van der Waals surface area contributed by atoms with E-state index in [2.05, 4.69) is 189 Å². The van der Waals surface area contributed by atoms with Gasteiger partial charge >= 0.3 is 0 Å². The minimum absolute atomic E-state index is 0. The molecule has 6 heterocycles. The molecule has 5 atom stereocenters. The van der Waals surface area contributed by atoms with Gasteiger partial charge in [-0.05, 0) is 288 Å². The molecule has 0 aliphatic heterocycles. The molecule has 414 valence electrons. The van der Waals surface area contributed by atoms with Gasteiger partial charge in [0, 0.05) is 47.6 Å². The Bertz CT molecular complexity index is 2350. The van der Waals surface area contributed by atoms with Crippen LogP contribution in [-0.4, -0.2) is 9.13 Å². The van der Waals surface area contributed by atoms with Crippen LogP contribution in [-0.2, 0) is 14.1 Å². The Morgan fingerprint density at radius 2 is 0.811 bits per heavy atom. The lowest BCUT2D eigenvalue weighted by Crippen LogP contribution is -2.28. The SMILES string of the molecule is C.C.CC1CCC2CC3CCCC3CC12.Cc1cccc(C)c1C.Cc1cn(C)c(C)c1C.Cc1cn(C)c(C)c1C.Cc1coc(C)c1C.Cc1coc(C)c1C.Cc1csc(C)c1C.Cc1csc(C)c1C. The fourth-order valence-corrected chi connectivity index (χ4v) is 11.8. The van der Waals surface area contributed by atoms with Crippen molar-refractivity contribution >= 4 is 22.7 Å². The van der Waals surface area contributed by atoms with Gasteiger partial charge in [-0.2, -0.15) is 0 Å². The molecule has 74 heavy (non-hydrogen) atoms. The van der Waals surface area contributed by atoms with Gasteiger partial charge < -0.3 is 18.0 Å². The van der Waals surface area contributed by atoms with Gasteiger partial charge in [-0.1, -0.05) is 65.7 Å². The third kappa shape index (κ3) is 19.4. The zero-order valence-corrected chi connectivity index (χ0v) is 51.7. The highest BCUT2D eigenvalue weighted by Gasteiger charge is 2.43. The van der Waals surface area contributed by atoms with E-state index in [4.69, 9.17) is 8.83 Å². The predicted molar refractivity (Wildman–Crippen MR) is 332 cm³/mol. The number of rotatable bonds is 0. The van der Waals surface area contributed by atoms with Crippen LogP contribution in [0.2, 0.25) is 0 Å². The maximum absolute atomic E-state index is 5.09. The van der Waals surface area contributed by atoms with E-state index in [0.29, 0.717) is 0 Å². The summed E-state index contributed by atoms with van der Waals surface area (Å²) >= 11 is 3.66.